The molecule has 0 unspecified atom stereocenters. The quantitative estimate of drug-likeness (QED) is 0.541. The first-order valence-electron chi connectivity index (χ1n) is 6.26. The maximum atomic E-state index is 12.0. The van der Waals surface area contributed by atoms with Crippen LogP contribution in [0.1, 0.15) is 19.3 Å². The van der Waals surface area contributed by atoms with E-state index in [1.54, 1.807) is 12.1 Å². The molecule has 0 radical (unpaired) electrons. The molecule has 1 aromatic rings. The first kappa shape index (κ1) is 16.4. The van der Waals surface area contributed by atoms with Crippen LogP contribution < -0.4 is 10.0 Å². The zero-order valence-electron chi connectivity index (χ0n) is 10.6. The van der Waals surface area contributed by atoms with E-state index in [1.165, 1.54) is 12.8 Å². The lowest BCUT2D eigenvalue weighted by atomic mass is 10.3. The Morgan fingerprint density at radius 3 is 2.60 bits per heavy atom. The normalized spacial score (nSPS) is 15.3. The Balaban J connectivity index is 1.91. The number of nitrogens with one attached hydrogen (secondary N) is 2. The molecule has 0 saturated heterocycles. The minimum absolute atomic E-state index is 0.0523. The number of benzene rings is 1. The standard InChI is InChI=1S/C12H15BrCl2N2O2S/c13-9-4-5-10(12(15)11(9)14)17-20(18,19)7-1-6-16-8-2-3-8/h4-5,8,16-17H,1-3,6-7H2. The summed E-state index contributed by atoms with van der Waals surface area (Å²) >= 11 is 15.2. The molecular formula is C12H15BrCl2N2O2S. The third-order valence-corrected chi connectivity index (χ3v) is 6.03. The largest absolute Gasteiger partial charge is 0.314 e. The van der Waals surface area contributed by atoms with Gasteiger partial charge in [0, 0.05) is 10.5 Å². The molecule has 8 heteroatoms. The molecule has 1 fully saturated rings. The molecule has 1 saturated carbocycles. The van der Waals surface area contributed by atoms with Crippen molar-refractivity contribution >= 4 is 54.8 Å². The minimum atomic E-state index is -3.41. The molecule has 0 heterocycles. The fourth-order valence-corrected chi connectivity index (χ4v) is 3.69. The Labute approximate surface area is 137 Å². The van der Waals surface area contributed by atoms with Gasteiger partial charge < -0.3 is 5.32 Å². The molecule has 20 heavy (non-hydrogen) atoms. The molecule has 0 spiro atoms. The van der Waals surface area contributed by atoms with E-state index in [4.69, 9.17) is 23.2 Å². The summed E-state index contributed by atoms with van der Waals surface area (Å²) in [6.45, 7) is 0.709. The predicted molar refractivity (Wildman–Crippen MR) is 87.2 cm³/mol. The third kappa shape index (κ3) is 4.77. The van der Waals surface area contributed by atoms with Crippen molar-refractivity contribution in [2.45, 2.75) is 25.3 Å². The summed E-state index contributed by atoms with van der Waals surface area (Å²) in [7, 11) is -3.41. The lowest BCUT2D eigenvalue weighted by Gasteiger charge is -2.11. The molecule has 0 aliphatic heterocycles. The van der Waals surface area contributed by atoms with Crippen LogP contribution in [0.15, 0.2) is 16.6 Å². The third-order valence-electron chi connectivity index (χ3n) is 2.90. The van der Waals surface area contributed by atoms with Gasteiger partial charge in [-0.3, -0.25) is 4.72 Å². The SMILES string of the molecule is O=S(=O)(CCCNC1CC1)Nc1ccc(Br)c(Cl)c1Cl. The molecule has 0 atom stereocenters. The van der Waals surface area contributed by atoms with Crippen LogP contribution in [0.5, 0.6) is 0 Å². The Bertz CT molecular complexity index is 591. The summed E-state index contributed by atoms with van der Waals surface area (Å²) in [5.74, 6) is 0.0523. The van der Waals surface area contributed by atoms with E-state index >= 15 is 0 Å². The fourth-order valence-electron chi connectivity index (χ4n) is 1.68. The Hall–Kier alpha value is -0.0100. The van der Waals surface area contributed by atoms with Crippen LogP contribution in [0.3, 0.4) is 0 Å². The molecule has 0 bridgehead atoms. The van der Waals surface area contributed by atoms with Gasteiger partial charge in [0.2, 0.25) is 10.0 Å². The molecule has 1 aliphatic rings. The smallest absolute Gasteiger partial charge is 0.232 e. The predicted octanol–water partition coefficient (Wildman–Crippen LogP) is 3.64. The van der Waals surface area contributed by atoms with Crippen molar-refractivity contribution < 1.29 is 8.42 Å². The Morgan fingerprint density at radius 1 is 1.25 bits per heavy atom. The Kier molecular flexibility index (Phi) is 5.59. The van der Waals surface area contributed by atoms with Gasteiger partial charge in [-0.1, -0.05) is 23.2 Å². The highest BCUT2D eigenvalue weighted by molar-refractivity contribution is 9.10. The highest BCUT2D eigenvalue weighted by atomic mass is 79.9. The zero-order valence-corrected chi connectivity index (χ0v) is 14.5. The molecular weight excluding hydrogens is 387 g/mol. The molecule has 0 aromatic heterocycles. The molecule has 4 nitrogen and oxygen atoms in total. The molecule has 1 aliphatic carbocycles. The van der Waals surface area contributed by atoms with Crippen LogP contribution in [-0.2, 0) is 10.0 Å². The van der Waals surface area contributed by atoms with Gasteiger partial charge in [-0.25, -0.2) is 8.42 Å². The van der Waals surface area contributed by atoms with Crippen LogP contribution >= 0.6 is 39.1 Å². The monoisotopic (exact) mass is 400 g/mol. The van der Waals surface area contributed by atoms with E-state index in [0.29, 0.717) is 34.2 Å². The lowest BCUT2D eigenvalue weighted by Crippen LogP contribution is -2.23. The number of halogens is 3. The first-order chi connectivity index (χ1) is 9.39. The van der Waals surface area contributed by atoms with Gasteiger partial charge in [-0.2, -0.15) is 0 Å². The van der Waals surface area contributed by atoms with Crippen molar-refractivity contribution in [1.29, 1.82) is 0 Å². The van der Waals surface area contributed by atoms with Gasteiger partial charge in [0.1, 0.15) is 0 Å². The van der Waals surface area contributed by atoms with Crippen LogP contribution in [0.2, 0.25) is 10.0 Å². The minimum Gasteiger partial charge on any atom is -0.314 e. The van der Waals surface area contributed by atoms with Crippen molar-refractivity contribution in [3.8, 4) is 0 Å². The summed E-state index contributed by atoms with van der Waals surface area (Å²) in [4.78, 5) is 0. The van der Waals surface area contributed by atoms with E-state index in [0.717, 1.165) is 0 Å². The van der Waals surface area contributed by atoms with Crippen molar-refractivity contribution in [2.24, 2.45) is 0 Å². The maximum Gasteiger partial charge on any atom is 0.232 e. The van der Waals surface area contributed by atoms with Crippen LogP contribution in [0.25, 0.3) is 0 Å². The summed E-state index contributed by atoms with van der Waals surface area (Å²) in [5.41, 5.74) is 0.301. The summed E-state index contributed by atoms with van der Waals surface area (Å²) in [6, 6.07) is 3.82. The van der Waals surface area contributed by atoms with Crippen molar-refractivity contribution in [3.05, 3.63) is 26.7 Å². The number of hydrogen-bond donors (Lipinski definition) is 2. The zero-order chi connectivity index (χ0) is 14.8. The number of hydrogen-bond acceptors (Lipinski definition) is 3. The Morgan fingerprint density at radius 2 is 1.95 bits per heavy atom. The average molecular weight is 402 g/mol. The van der Waals surface area contributed by atoms with E-state index in [1.807, 2.05) is 0 Å². The van der Waals surface area contributed by atoms with Gasteiger partial charge in [0.15, 0.2) is 0 Å². The van der Waals surface area contributed by atoms with Crippen LogP contribution in [0.4, 0.5) is 5.69 Å². The van der Waals surface area contributed by atoms with E-state index in [2.05, 4.69) is 26.0 Å². The highest BCUT2D eigenvalue weighted by Crippen LogP contribution is 2.36. The van der Waals surface area contributed by atoms with E-state index in [-0.39, 0.29) is 10.8 Å². The van der Waals surface area contributed by atoms with Crippen LogP contribution in [0, 0.1) is 0 Å². The van der Waals surface area contributed by atoms with E-state index < -0.39 is 10.0 Å². The maximum absolute atomic E-state index is 12.0. The van der Waals surface area contributed by atoms with Crippen molar-refractivity contribution in [2.75, 3.05) is 17.0 Å². The number of rotatable bonds is 7. The lowest BCUT2D eigenvalue weighted by molar-refractivity contribution is 0.593. The first-order valence-corrected chi connectivity index (χ1v) is 9.46. The molecule has 2 rings (SSSR count). The van der Waals surface area contributed by atoms with Crippen molar-refractivity contribution in [1.82, 2.24) is 5.32 Å². The van der Waals surface area contributed by atoms with Crippen molar-refractivity contribution in [3.63, 3.8) is 0 Å². The summed E-state index contributed by atoms with van der Waals surface area (Å²) in [5, 5.41) is 3.76. The van der Waals surface area contributed by atoms with E-state index in [9.17, 15) is 8.42 Å². The molecule has 1 aromatic carbocycles. The molecule has 112 valence electrons. The van der Waals surface area contributed by atoms with Gasteiger partial charge in [0.05, 0.1) is 21.5 Å². The highest BCUT2D eigenvalue weighted by Gasteiger charge is 2.20. The van der Waals surface area contributed by atoms with Gasteiger partial charge in [-0.05, 0) is 53.9 Å². The topological polar surface area (TPSA) is 58.2 Å². The van der Waals surface area contributed by atoms with Crippen LogP contribution in [-0.4, -0.2) is 26.8 Å². The summed E-state index contributed by atoms with van der Waals surface area (Å²) in [6.07, 6.45) is 2.95. The second kappa shape index (κ2) is 6.83. The van der Waals surface area contributed by atoms with Gasteiger partial charge >= 0.3 is 0 Å². The molecule has 0 amide bonds. The second-order valence-electron chi connectivity index (χ2n) is 4.73. The van der Waals surface area contributed by atoms with Gasteiger partial charge in [-0.15, -0.1) is 0 Å². The summed E-state index contributed by atoms with van der Waals surface area (Å²) < 4.78 is 27.0. The second-order valence-corrected chi connectivity index (χ2v) is 8.18. The fraction of sp³-hybridized carbons (Fsp3) is 0.500. The number of sulfonamides is 1. The van der Waals surface area contributed by atoms with Gasteiger partial charge in [0.25, 0.3) is 0 Å². The molecule has 2 N–H and O–H groups in total. The average Bonchev–Trinajstić information content (AvgIpc) is 3.20. The number of anilines is 1.